The maximum atomic E-state index is 9.92. The van der Waals surface area contributed by atoms with E-state index in [4.69, 9.17) is 14.2 Å². The van der Waals surface area contributed by atoms with Crippen molar-refractivity contribution < 1.29 is 19.3 Å². The Kier molecular flexibility index (Phi) is 3.61. The van der Waals surface area contributed by atoms with Gasteiger partial charge in [-0.2, -0.15) is 0 Å². The van der Waals surface area contributed by atoms with Gasteiger partial charge in [0.25, 0.3) is 0 Å². The maximum Gasteiger partial charge on any atom is 0.161 e. The second kappa shape index (κ2) is 5.44. The lowest BCUT2D eigenvalue weighted by molar-refractivity contribution is 0.215. The highest BCUT2D eigenvalue weighted by Crippen LogP contribution is 2.48. The van der Waals surface area contributed by atoms with E-state index in [2.05, 4.69) is 6.92 Å². The Morgan fingerprint density at radius 2 is 1.77 bits per heavy atom. The predicted molar refractivity (Wildman–Crippen MR) is 84.2 cm³/mol. The number of benzene rings is 2. The average molecular weight is 300 g/mol. The van der Waals surface area contributed by atoms with Gasteiger partial charge in [-0.1, -0.05) is 13.0 Å². The van der Waals surface area contributed by atoms with Crippen LogP contribution >= 0.6 is 0 Å². The number of fused-ring (bicyclic) bond motifs is 1. The number of ether oxygens (including phenoxy) is 3. The molecule has 4 nitrogen and oxygen atoms in total. The zero-order valence-electron chi connectivity index (χ0n) is 13.2. The van der Waals surface area contributed by atoms with Crippen molar-refractivity contribution in [1.29, 1.82) is 0 Å². The Bertz CT molecular complexity index is 708. The fourth-order valence-corrected chi connectivity index (χ4v) is 2.93. The van der Waals surface area contributed by atoms with Gasteiger partial charge in [0.05, 0.1) is 14.2 Å². The normalized spacial score (nSPS) is 19.5. The number of rotatable bonds is 3. The highest BCUT2D eigenvalue weighted by molar-refractivity contribution is 5.52. The Labute approximate surface area is 130 Å². The van der Waals surface area contributed by atoms with Crippen LogP contribution in [0.25, 0.3) is 0 Å². The number of aryl methyl sites for hydroxylation is 1. The number of aromatic hydroxyl groups is 1. The van der Waals surface area contributed by atoms with Crippen LogP contribution < -0.4 is 14.2 Å². The number of methoxy groups -OCH3 is 2. The van der Waals surface area contributed by atoms with Gasteiger partial charge in [0.2, 0.25) is 0 Å². The van der Waals surface area contributed by atoms with Gasteiger partial charge < -0.3 is 19.3 Å². The first-order chi connectivity index (χ1) is 10.5. The molecule has 1 aliphatic rings. The molecule has 0 aliphatic carbocycles. The molecule has 2 aromatic carbocycles. The molecule has 1 N–H and O–H groups in total. The maximum absolute atomic E-state index is 9.92. The smallest absolute Gasteiger partial charge is 0.161 e. The number of phenols is 1. The van der Waals surface area contributed by atoms with Gasteiger partial charge in [-0.3, -0.25) is 0 Å². The molecule has 0 fully saturated rings. The van der Waals surface area contributed by atoms with Gasteiger partial charge in [-0.25, -0.2) is 0 Å². The third kappa shape index (κ3) is 2.25. The molecule has 4 heteroatoms. The molecule has 0 spiro atoms. The number of hydrogen-bond donors (Lipinski definition) is 1. The van der Waals surface area contributed by atoms with Crippen molar-refractivity contribution in [3.63, 3.8) is 0 Å². The molecule has 0 bridgehead atoms. The number of hydrogen-bond acceptors (Lipinski definition) is 4. The summed E-state index contributed by atoms with van der Waals surface area (Å²) < 4.78 is 16.7. The lowest BCUT2D eigenvalue weighted by atomic mass is 9.92. The molecule has 0 amide bonds. The molecule has 2 aromatic rings. The van der Waals surface area contributed by atoms with Crippen molar-refractivity contribution >= 4 is 0 Å². The first kappa shape index (κ1) is 14.6. The first-order valence-electron chi connectivity index (χ1n) is 7.27. The Hall–Kier alpha value is -2.36. The van der Waals surface area contributed by atoms with E-state index in [1.807, 2.05) is 31.2 Å². The van der Waals surface area contributed by atoms with Crippen LogP contribution in [-0.4, -0.2) is 19.3 Å². The molecule has 0 radical (unpaired) electrons. The topological polar surface area (TPSA) is 47.9 Å². The van der Waals surface area contributed by atoms with E-state index in [1.54, 1.807) is 20.3 Å². The largest absolute Gasteiger partial charge is 0.508 e. The van der Waals surface area contributed by atoms with E-state index in [9.17, 15) is 5.11 Å². The minimum absolute atomic E-state index is 0.101. The van der Waals surface area contributed by atoms with Crippen LogP contribution in [0.2, 0.25) is 0 Å². The second-order valence-corrected chi connectivity index (χ2v) is 5.62. The molecule has 2 atom stereocenters. The van der Waals surface area contributed by atoms with Gasteiger partial charge in [0.15, 0.2) is 11.5 Å². The summed E-state index contributed by atoms with van der Waals surface area (Å²) in [5.41, 5.74) is 2.88. The summed E-state index contributed by atoms with van der Waals surface area (Å²) in [5, 5.41) is 9.92. The molecule has 1 heterocycles. The van der Waals surface area contributed by atoms with Crippen molar-refractivity contribution in [2.24, 2.45) is 0 Å². The van der Waals surface area contributed by atoms with Crippen LogP contribution in [0.3, 0.4) is 0 Å². The van der Waals surface area contributed by atoms with E-state index in [0.29, 0.717) is 17.2 Å². The predicted octanol–water partition coefficient (Wildman–Crippen LogP) is 3.96. The summed E-state index contributed by atoms with van der Waals surface area (Å²) >= 11 is 0. The summed E-state index contributed by atoms with van der Waals surface area (Å²) in [6.45, 7) is 3.97. The van der Waals surface area contributed by atoms with Crippen LogP contribution in [-0.2, 0) is 0 Å². The molecule has 0 saturated carbocycles. The lowest BCUT2D eigenvalue weighted by Crippen LogP contribution is -2.07. The third-order valence-electron chi connectivity index (χ3n) is 4.26. The summed E-state index contributed by atoms with van der Waals surface area (Å²) in [6, 6.07) is 9.51. The summed E-state index contributed by atoms with van der Waals surface area (Å²) in [4.78, 5) is 0. The molecule has 0 unspecified atom stereocenters. The van der Waals surface area contributed by atoms with Crippen LogP contribution in [0, 0.1) is 6.92 Å². The van der Waals surface area contributed by atoms with Gasteiger partial charge in [-0.15, -0.1) is 0 Å². The van der Waals surface area contributed by atoms with Crippen molar-refractivity contribution in [3.8, 4) is 23.0 Å². The van der Waals surface area contributed by atoms with Crippen molar-refractivity contribution in [1.82, 2.24) is 0 Å². The molecular formula is C18H20O4. The van der Waals surface area contributed by atoms with Gasteiger partial charge in [0, 0.05) is 11.5 Å². The average Bonchev–Trinajstić information content (AvgIpc) is 2.83. The highest BCUT2D eigenvalue weighted by Gasteiger charge is 2.33. The quantitative estimate of drug-likeness (QED) is 0.932. The molecule has 116 valence electrons. The van der Waals surface area contributed by atoms with Crippen LogP contribution in [0.5, 0.6) is 23.0 Å². The van der Waals surface area contributed by atoms with Crippen LogP contribution in [0.4, 0.5) is 0 Å². The van der Waals surface area contributed by atoms with Gasteiger partial charge >= 0.3 is 0 Å². The summed E-state index contributed by atoms with van der Waals surface area (Å²) in [6.07, 6.45) is -0.101. The molecule has 0 saturated heterocycles. The fraction of sp³-hybridized carbons (Fsp3) is 0.333. The van der Waals surface area contributed by atoms with Crippen LogP contribution in [0.1, 0.15) is 35.6 Å². The van der Waals surface area contributed by atoms with Gasteiger partial charge in [0.1, 0.15) is 17.6 Å². The second-order valence-electron chi connectivity index (χ2n) is 5.62. The molecule has 3 rings (SSSR count). The Morgan fingerprint density at radius 1 is 1.05 bits per heavy atom. The zero-order valence-corrected chi connectivity index (χ0v) is 13.2. The minimum atomic E-state index is -0.101. The van der Waals surface area contributed by atoms with Crippen molar-refractivity contribution in [2.45, 2.75) is 25.9 Å². The summed E-state index contributed by atoms with van der Waals surface area (Å²) in [7, 11) is 3.24. The van der Waals surface area contributed by atoms with E-state index in [0.717, 1.165) is 22.4 Å². The standard InChI is InChI=1S/C18H20O4/c1-10-7-16-13(9-14(10)19)11(2)18(22-16)12-5-6-15(20-3)17(8-12)21-4/h5-9,11,18-19H,1-4H3/t11-,18-/m1/s1. The lowest BCUT2D eigenvalue weighted by Gasteiger charge is -2.17. The van der Waals surface area contributed by atoms with Crippen LogP contribution in [0.15, 0.2) is 30.3 Å². The van der Waals surface area contributed by atoms with Gasteiger partial charge in [-0.05, 0) is 42.3 Å². The Balaban J connectivity index is 1.98. The Morgan fingerprint density at radius 3 is 2.45 bits per heavy atom. The van der Waals surface area contributed by atoms with E-state index in [1.165, 1.54) is 0 Å². The van der Waals surface area contributed by atoms with E-state index in [-0.39, 0.29) is 12.0 Å². The molecular weight excluding hydrogens is 280 g/mol. The SMILES string of the molecule is COc1ccc([C@@H]2Oc3cc(C)c(O)cc3[C@H]2C)cc1OC. The molecule has 1 aliphatic heterocycles. The highest BCUT2D eigenvalue weighted by atomic mass is 16.5. The van der Waals surface area contributed by atoms with Crippen molar-refractivity contribution in [3.05, 3.63) is 47.0 Å². The molecule has 22 heavy (non-hydrogen) atoms. The third-order valence-corrected chi connectivity index (χ3v) is 4.26. The monoisotopic (exact) mass is 300 g/mol. The fourth-order valence-electron chi connectivity index (χ4n) is 2.93. The number of phenolic OH excluding ortho intramolecular Hbond substituents is 1. The molecule has 0 aromatic heterocycles. The summed E-state index contributed by atoms with van der Waals surface area (Å²) in [5.74, 6) is 2.68. The van der Waals surface area contributed by atoms with Crippen molar-refractivity contribution in [2.75, 3.05) is 14.2 Å². The minimum Gasteiger partial charge on any atom is -0.508 e. The van der Waals surface area contributed by atoms with E-state index < -0.39 is 0 Å². The van der Waals surface area contributed by atoms with E-state index >= 15 is 0 Å². The first-order valence-corrected chi connectivity index (χ1v) is 7.27. The zero-order chi connectivity index (χ0) is 15.9.